The fourth-order valence-electron chi connectivity index (χ4n) is 2.08. The normalized spacial score (nSPS) is 32.3. The second-order valence-corrected chi connectivity index (χ2v) is 4.12. The molecule has 0 aliphatic heterocycles. The van der Waals surface area contributed by atoms with Crippen molar-refractivity contribution in [2.75, 3.05) is 6.54 Å². The Hall–Kier alpha value is -0.320. The summed E-state index contributed by atoms with van der Waals surface area (Å²) >= 11 is 0. The van der Waals surface area contributed by atoms with Gasteiger partial charge in [0.2, 0.25) is 0 Å². The fourth-order valence-corrected chi connectivity index (χ4v) is 2.08. The third-order valence-corrected chi connectivity index (χ3v) is 3.01. The highest BCUT2D eigenvalue weighted by Gasteiger charge is 2.70. The molecule has 1 nitrogen and oxygen atoms in total. The minimum atomic E-state index is -3.90. The summed E-state index contributed by atoms with van der Waals surface area (Å²) in [7, 11) is 0. The molecule has 0 amide bonds. The van der Waals surface area contributed by atoms with Gasteiger partial charge in [-0.1, -0.05) is 13.8 Å². The van der Waals surface area contributed by atoms with E-state index in [2.05, 4.69) is 0 Å². The number of hydrogen-bond donors (Lipinski definition) is 1. The van der Waals surface area contributed by atoms with E-state index in [0.717, 1.165) is 0 Å². The van der Waals surface area contributed by atoms with Crippen LogP contribution in [0.3, 0.4) is 0 Å². The second-order valence-electron chi connectivity index (χ2n) is 4.12. The Kier molecular flexibility index (Phi) is 2.35. The van der Waals surface area contributed by atoms with E-state index in [1.165, 1.54) is 0 Å². The highest BCUT2D eigenvalue weighted by atomic mass is 19.3. The maximum Gasteiger partial charge on any atom is 0.311 e. The Bertz CT molecular complexity index is 202. The molecule has 78 valence electrons. The lowest BCUT2D eigenvalue weighted by molar-refractivity contribution is -0.151. The van der Waals surface area contributed by atoms with Crippen molar-refractivity contribution in [1.29, 1.82) is 0 Å². The summed E-state index contributed by atoms with van der Waals surface area (Å²) in [5.41, 5.74) is 4.46. The molecule has 1 saturated carbocycles. The van der Waals surface area contributed by atoms with E-state index in [1.807, 2.05) is 0 Å². The van der Waals surface area contributed by atoms with Crippen LogP contribution < -0.4 is 5.73 Å². The molecule has 0 aromatic rings. The van der Waals surface area contributed by atoms with Crippen molar-refractivity contribution in [2.45, 2.75) is 26.2 Å². The van der Waals surface area contributed by atoms with Gasteiger partial charge >= 0.3 is 12.3 Å². The molecular formula is C8H13F4N. The van der Waals surface area contributed by atoms with Crippen molar-refractivity contribution >= 4 is 0 Å². The minimum absolute atomic E-state index is 0.0416. The van der Waals surface area contributed by atoms with Gasteiger partial charge in [-0.25, -0.2) is 8.78 Å². The lowest BCUT2D eigenvalue weighted by Crippen LogP contribution is -2.31. The van der Waals surface area contributed by atoms with E-state index >= 15 is 0 Å². The van der Waals surface area contributed by atoms with Crippen LogP contribution in [0.15, 0.2) is 0 Å². The van der Waals surface area contributed by atoms with Crippen LogP contribution in [0.1, 0.15) is 13.8 Å². The number of rotatable bonds is 3. The zero-order chi connectivity index (χ0) is 10.4. The second kappa shape index (κ2) is 2.83. The third kappa shape index (κ3) is 1.43. The summed E-state index contributed by atoms with van der Waals surface area (Å²) < 4.78 is 49.6. The SMILES string of the molecule is CC1(C)[C@@H](C(F)(F)C(F)F)[C@@H]1CN. The van der Waals surface area contributed by atoms with Crippen LogP contribution in [-0.2, 0) is 0 Å². The van der Waals surface area contributed by atoms with Gasteiger partial charge in [0.05, 0.1) is 0 Å². The van der Waals surface area contributed by atoms with Crippen LogP contribution in [0.2, 0.25) is 0 Å². The van der Waals surface area contributed by atoms with Crippen LogP contribution >= 0.6 is 0 Å². The predicted molar refractivity (Wildman–Crippen MR) is 40.8 cm³/mol. The van der Waals surface area contributed by atoms with Gasteiger partial charge in [0, 0.05) is 5.92 Å². The molecule has 1 fully saturated rings. The van der Waals surface area contributed by atoms with Gasteiger partial charge in [-0.2, -0.15) is 8.78 Å². The number of nitrogens with two attached hydrogens (primary N) is 1. The lowest BCUT2D eigenvalue weighted by atomic mass is 10.1. The minimum Gasteiger partial charge on any atom is -0.330 e. The first-order chi connectivity index (χ1) is 5.76. The van der Waals surface area contributed by atoms with Gasteiger partial charge < -0.3 is 5.73 Å². The first kappa shape index (κ1) is 10.8. The molecule has 0 heterocycles. The van der Waals surface area contributed by atoms with Crippen molar-refractivity contribution in [2.24, 2.45) is 23.0 Å². The summed E-state index contributed by atoms with van der Waals surface area (Å²) in [6, 6.07) is 0. The summed E-state index contributed by atoms with van der Waals surface area (Å²) in [4.78, 5) is 0. The van der Waals surface area contributed by atoms with Gasteiger partial charge in [-0.05, 0) is 17.9 Å². The Morgan fingerprint density at radius 1 is 1.38 bits per heavy atom. The quantitative estimate of drug-likeness (QED) is 0.692. The van der Waals surface area contributed by atoms with Gasteiger partial charge in [0.25, 0.3) is 0 Å². The molecule has 1 aliphatic rings. The summed E-state index contributed by atoms with van der Waals surface area (Å²) in [6.45, 7) is 3.14. The fraction of sp³-hybridized carbons (Fsp3) is 1.00. The first-order valence-electron chi connectivity index (χ1n) is 4.12. The average Bonchev–Trinajstić information content (AvgIpc) is 2.53. The molecule has 2 atom stereocenters. The molecule has 1 aliphatic carbocycles. The Morgan fingerprint density at radius 3 is 2.08 bits per heavy atom. The molecule has 13 heavy (non-hydrogen) atoms. The van der Waals surface area contributed by atoms with Crippen molar-refractivity contribution < 1.29 is 17.6 Å². The molecule has 0 spiro atoms. The van der Waals surface area contributed by atoms with Crippen molar-refractivity contribution in [3.05, 3.63) is 0 Å². The number of alkyl halides is 4. The van der Waals surface area contributed by atoms with E-state index in [4.69, 9.17) is 5.73 Å². The van der Waals surface area contributed by atoms with Crippen LogP contribution in [0.4, 0.5) is 17.6 Å². The van der Waals surface area contributed by atoms with Crippen molar-refractivity contribution in [3.8, 4) is 0 Å². The molecule has 5 heteroatoms. The largest absolute Gasteiger partial charge is 0.330 e. The number of hydrogen-bond acceptors (Lipinski definition) is 1. The summed E-state index contributed by atoms with van der Waals surface area (Å²) in [5.74, 6) is -5.66. The molecular weight excluding hydrogens is 186 g/mol. The van der Waals surface area contributed by atoms with Crippen LogP contribution in [0.5, 0.6) is 0 Å². The highest BCUT2D eigenvalue weighted by molar-refractivity contribution is 5.11. The maximum absolute atomic E-state index is 12.9. The first-order valence-corrected chi connectivity index (χ1v) is 4.12. The average molecular weight is 199 g/mol. The Labute approximate surface area is 74.3 Å². The molecule has 0 aromatic heterocycles. The monoisotopic (exact) mass is 199 g/mol. The van der Waals surface area contributed by atoms with Crippen LogP contribution in [0, 0.1) is 17.3 Å². The number of halogens is 4. The standard InChI is InChI=1S/C8H13F4N/c1-7(2)4(3-13)5(7)8(11,12)6(9)10/h4-6H,3,13H2,1-2H3/t4-,5-/m0/s1. The smallest absolute Gasteiger partial charge is 0.311 e. The Morgan fingerprint density at radius 2 is 1.85 bits per heavy atom. The molecule has 0 unspecified atom stereocenters. The van der Waals surface area contributed by atoms with Gasteiger partial charge in [0.15, 0.2) is 0 Å². The highest BCUT2D eigenvalue weighted by Crippen LogP contribution is 2.65. The predicted octanol–water partition coefficient (Wildman–Crippen LogP) is 2.12. The van der Waals surface area contributed by atoms with Gasteiger partial charge in [-0.15, -0.1) is 0 Å². The zero-order valence-corrected chi connectivity index (χ0v) is 7.53. The molecule has 0 aromatic carbocycles. The molecule has 0 radical (unpaired) electrons. The van der Waals surface area contributed by atoms with Crippen molar-refractivity contribution in [1.82, 2.24) is 0 Å². The summed E-state index contributed by atoms with van der Waals surface area (Å²) in [5, 5.41) is 0. The van der Waals surface area contributed by atoms with Crippen molar-refractivity contribution in [3.63, 3.8) is 0 Å². The van der Waals surface area contributed by atoms with Gasteiger partial charge in [-0.3, -0.25) is 0 Å². The van der Waals surface area contributed by atoms with E-state index in [0.29, 0.717) is 0 Å². The van der Waals surface area contributed by atoms with E-state index in [9.17, 15) is 17.6 Å². The Balaban J connectivity index is 2.76. The molecule has 0 saturated heterocycles. The molecule has 2 N–H and O–H groups in total. The van der Waals surface area contributed by atoms with Crippen LogP contribution in [-0.4, -0.2) is 18.9 Å². The topological polar surface area (TPSA) is 26.0 Å². The maximum atomic E-state index is 12.9. The van der Waals surface area contributed by atoms with E-state index in [1.54, 1.807) is 13.8 Å². The van der Waals surface area contributed by atoms with E-state index in [-0.39, 0.29) is 6.54 Å². The zero-order valence-electron chi connectivity index (χ0n) is 7.53. The lowest BCUT2D eigenvalue weighted by Gasteiger charge is -2.16. The molecule has 0 bridgehead atoms. The van der Waals surface area contributed by atoms with Gasteiger partial charge in [0.1, 0.15) is 0 Å². The molecule has 1 rings (SSSR count). The third-order valence-electron chi connectivity index (χ3n) is 3.01. The summed E-state index contributed by atoms with van der Waals surface area (Å²) in [6.07, 6.45) is -3.59. The van der Waals surface area contributed by atoms with Crippen LogP contribution in [0.25, 0.3) is 0 Å². The van der Waals surface area contributed by atoms with E-state index < -0.39 is 29.6 Å².